The van der Waals surface area contributed by atoms with Crippen LogP contribution in [-0.2, 0) is 0 Å². The number of hydrogen-bond acceptors (Lipinski definition) is 5. The summed E-state index contributed by atoms with van der Waals surface area (Å²) in [4.78, 5) is 28.9. The van der Waals surface area contributed by atoms with Crippen LogP contribution in [0.5, 0.6) is 0 Å². The Kier molecular flexibility index (Phi) is 3.39. The van der Waals surface area contributed by atoms with Crippen molar-refractivity contribution in [1.29, 1.82) is 0 Å². The zero-order chi connectivity index (χ0) is 7.98. The van der Waals surface area contributed by atoms with Crippen molar-refractivity contribution >= 4 is 5.95 Å². The Bertz CT molecular complexity index is 196. The minimum absolute atomic E-state index is 0.218. The fourth-order valence-corrected chi connectivity index (χ4v) is 0.357. The van der Waals surface area contributed by atoms with Gasteiger partial charge in [0.05, 0.1) is 6.20 Å². The number of nitrogens with zero attached hydrogens (tertiary/aromatic N) is 2. The van der Waals surface area contributed by atoms with Crippen molar-refractivity contribution in [2.45, 2.75) is 0 Å². The summed E-state index contributed by atoms with van der Waals surface area (Å²) in [5.74, 6) is -0.218. The fraction of sp³-hybridized carbons (Fsp3) is 0. The molecule has 1 rings (SSSR count). The number of aromatic amines is 1. The number of hydrogen-bond donors (Lipinski definition) is 1. The molecule has 0 aromatic carbocycles. The zero-order valence-electron chi connectivity index (χ0n) is 4.68. The maximum absolute atomic E-state index is 9.77. The first kappa shape index (κ1) is 8.21. The summed E-state index contributed by atoms with van der Waals surface area (Å²) in [7, 11) is 0. The highest BCUT2D eigenvalue weighted by molar-refractivity contribution is 5.00. The lowest BCUT2D eigenvalue weighted by atomic mass is 11.0. The van der Waals surface area contributed by atoms with Crippen molar-refractivity contribution in [3.8, 4) is 0 Å². The van der Waals surface area contributed by atoms with E-state index in [2.05, 4.69) is 9.97 Å². The molecular weight excluding hydrogens is 142 g/mol. The minimum atomic E-state index is -0.583. The Balaban J connectivity index is 0.000000371. The van der Waals surface area contributed by atoms with E-state index in [9.17, 15) is 10.1 Å². The first-order valence-electron chi connectivity index (χ1n) is 2.11. The summed E-state index contributed by atoms with van der Waals surface area (Å²) in [5.41, 5.74) is 0. The standard InChI is InChI=1S/C3H3N3O2.O2/c7-6(8)3-4-1-2-5-3;1-2/h1-2H,(H,4,5);. The molecule has 1 N–H and O–H groups in total. The van der Waals surface area contributed by atoms with E-state index in [4.69, 9.17) is 9.93 Å². The lowest BCUT2D eigenvalue weighted by molar-refractivity contribution is -0.393. The largest absolute Gasteiger partial charge is 0.432 e. The van der Waals surface area contributed by atoms with Crippen LogP contribution >= 0.6 is 0 Å². The normalized spacial score (nSPS) is 7.60. The van der Waals surface area contributed by atoms with E-state index in [-0.39, 0.29) is 5.95 Å². The molecule has 0 fully saturated rings. The predicted octanol–water partition coefficient (Wildman–Crippen LogP) is 0.385. The summed E-state index contributed by atoms with van der Waals surface area (Å²) in [5, 5.41) is 9.77. The number of H-pyrrole nitrogens is 1. The monoisotopic (exact) mass is 145 g/mol. The second-order valence-corrected chi connectivity index (χ2v) is 1.17. The van der Waals surface area contributed by atoms with E-state index in [0.717, 1.165) is 0 Å². The van der Waals surface area contributed by atoms with E-state index >= 15 is 0 Å². The lowest BCUT2D eigenvalue weighted by Gasteiger charge is -1.83. The number of aromatic nitrogens is 2. The molecule has 7 nitrogen and oxygen atoms in total. The summed E-state index contributed by atoms with van der Waals surface area (Å²) in [6.45, 7) is 0. The SMILES string of the molecule is O=O.O=[N+]([O-])c1ncc[nH]1. The van der Waals surface area contributed by atoms with Crippen LogP contribution in [0.25, 0.3) is 0 Å². The number of rotatable bonds is 1. The van der Waals surface area contributed by atoms with Gasteiger partial charge in [-0.1, -0.05) is 4.98 Å². The first-order chi connectivity index (χ1) is 4.80. The molecule has 0 saturated carbocycles. The average molecular weight is 145 g/mol. The van der Waals surface area contributed by atoms with E-state index in [1.165, 1.54) is 12.4 Å². The molecule has 0 atom stereocenters. The fourth-order valence-electron chi connectivity index (χ4n) is 0.357. The summed E-state index contributed by atoms with van der Waals surface area (Å²) < 4.78 is 0. The molecule has 1 heterocycles. The Morgan fingerprint density at radius 2 is 2.20 bits per heavy atom. The van der Waals surface area contributed by atoms with Crippen LogP contribution in [-0.4, -0.2) is 14.9 Å². The molecule has 0 aliphatic rings. The minimum Gasteiger partial charge on any atom is -0.390 e. The summed E-state index contributed by atoms with van der Waals surface area (Å²) in [6, 6.07) is 0. The first-order valence-corrected chi connectivity index (χ1v) is 2.11. The van der Waals surface area contributed by atoms with Gasteiger partial charge in [0.1, 0.15) is 6.20 Å². The van der Waals surface area contributed by atoms with E-state index in [0.29, 0.717) is 0 Å². The molecule has 0 saturated heterocycles. The molecule has 0 bridgehead atoms. The smallest absolute Gasteiger partial charge is 0.390 e. The average Bonchev–Trinajstić information content (AvgIpc) is 2.42. The summed E-state index contributed by atoms with van der Waals surface area (Å²) >= 11 is 0. The highest BCUT2D eigenvalue weighted by Crippen LogP contribution is 1.96. The molecule has 0 amide bonds. The van der Waals surface area contributed by atoms with Crippen LogP contribution in [0.15, 0.2) is 12.4 Å². The van der Waals surface area contributed by atoms with Crippen LogP contribution in [0, 0.1) is 20.0 Å². The van der Waals surface area contributed by atoms with Crippen LogP contribution < -0.4 is 0 Å². The Morgan fingerprint density at radius 3 is 2.40 bits per heavy atom. The van der Waals surface area contributed by atoms with Crippen LogP contribution in [0.1, 0.15) is 0 Å². The van der Waals surface area contributed by atoms with Gasteiger partial charge in [-0.05, 0) is 4.92 Å². The number of imidazole rings is 1. The zero-order valence-corrected chi connectivity index (χ0v) is 4.68. The maximum Gasteiger partial charge on any atom is 0.432 e. The molecular formula is C3H3N3O4. The molecule has 10 heavy (non-hydrogen) atoms. The Morgan fingerprint density at radius 1 is 1.60 bits per heavy atom. The molecule has 0 spiro atoms. The van der Waals surface area contributed by atoms with Gasteiger partial charge in [-0.3, -0.25) is 0 Å². The highest BCUT2D eigenvalue weighted by Gasteiger charge is 2.01. The van der Waals surface area contributed by atoms with Crippen LogP contribution in [0.2, 0.25) is 0 Å². The van der Waals surface area contributed by atoms with Crippen molar-refractivity contribution in [1.82, 2.24) is 9.97 Å². The topological polar surface area (TPSA) is 106 Å². The van der Waals surface area contributed by atoms with Gasteiger partial charge in [0.25, 0.3) is 0 Å². The van der Waals surface area contributed by atoms with Gasteiger partial charge in [0.15, 0.2) is 0 Å². The molecule has 54 valence electrons. The Hall–Kier alpha value is -1.79. The van der Waals surface area contributed by atoms with Gasteiger partial charge in [-0.2, -0.15) is 0 Å². The highest BCUT2D eigenvalue weighted by atomic mass is 16.7. The maximum atomic E-state index is 9.77. The third-order valence-electron chi connectivity index (χ3n) is 0.657. The second-order valence-electron chi connectivity index (χ2n) is 1.17. The van der Waals surface area contributed by atoms with E-state index < -0.39 is 4.92 Å². The van der Waals surface area contributed by atoms with Crippen LogP contribution in [0.4, 0.5) is 5.95 Å². The van der Waals surface area contributed by atoms with Crippen molar-refractivity contribution in [3.63, 3.8) is 0 Å². The van der Waals surface area contributed by atoms with Crippen LogP contribution in [0.3, 0.4) is 0 Å². The Labute approximate surface area is 54.5 Å². The van der Waals surface area contributed by atoms with Gasteiger partial charge in [0, 0.05) is 9.93 Å². The van der Waals surface area contributed by atoms with Crippen molar-refractivity contribution < 1.29 is 4.92 Å². The molecule has 1 aromatic rings. The number of nitrogens with one attached hydrogen (secondary N) is 1. The molecule has 0 aliphatic heterocycles. The molecule has 7 heteroatoms. The quantitative estimate of drug-likeness (QED) is 0.454. The third-order valence-corrected chi connectivity index (χ3v) is 0.657. The third kappa shape index (κ3) is 1.99. The lowest BCUT2D eigenvalue weighted by Crippen LogP contribution is -1.88. The molecule has 0 unspecified atom stereocenters. The van der Waals surface area contributed by atoms with E-state index in [1.807, 2.05) is 0 Å². The van der Waals surface area contributed by atoms with Crippen molar-refractivity contribution in [2.24, 2.45) is 0 Å². The second kappa shape index (κ2) is 4.13. The van der Waals surface area contributed by atoms with Gasteiger partial charge in [0.2, 0.25) is 0 Å². The molecule has 0 radical (unpaired) electrons. The van der Waals surface area contributed by atoms with Crippen molar-refractivity contribution in [2.75, 3.05) is 0 Å². The molecule has 0 aliphatic carbocycles. The van der Waals surface area contributed by atoms with Gasteiger partial charge in [-0.15, -0.1) is 0 Å². The van der Waals surface area contributed by atoms with Gasteiger partial charge in [-0.25, -0.2) is 4.98 Å². The predicted molar refractivity (Wildman–Crippen MR) is 32.0 cm³/mol. The van der Waals surface area contributed by atoms with Gasteiger partial charge < -0.3 is 10.1 Å². The van der Waals surface area contributed by atoms with Gasteiger partial charge >= 0.3 is 5.95 Å². The summed E-state index contributed by atoms with van der Waals surface area (Å²) in [6.07, 6.45) is 2.73. The van der Waals surface area contributed by atoms with E-state index in [1.54, 1.807) is 0 Å². The number of nitro groups is 1. The van der Waals surface area contributed by atoms with Crippen molar-refractivity contribution in [3.05, 3.63) is 32.4 Å². The molecule has 1 aromatic heterocycles.